The number of guanidine groups is 1. The Balaban J connectivity index is 0.00000272. The fourth-order valence-electron chi connectivity index (χ4n) is 3.55. The van der Waals surface area contributed by atoms with Gasteiger partial charge in [-0.15, -0.1) is 24.0 Å². The quantitative estimate of drug-likeness (QED) is 0.257. The number of aromatic amines is 1. The van der Waals surface area contributed by atoms with E-state index >= 15 is 0 Å². The Hall–Kier alpha value is -2.82. The van der Waals surface area contributed by atoms with E-state index in [1.807, 2.05) is 30.3 Å². The normalized spacial score (nSPS) is 16.0. The molecular formula is C22H28IN7O. The number of ether oxygens (including phenoxy) is 1. The van der Waals surface area contributed by atoms with Crippen LogP contribution in [0.25, 0.3) is 11.4 Å². The van der Waals surface area contributed by atoms with Crippen molar-refractivity contribution < 1.29 is 4.74 Å². The summed E-state index contributed by atoms with van der Waals surface area (Å²) in [5, 5.41) is 14.1. The van der Waals surface area contributed by atoms with Gasteiger partial charge in [0.25, 0.3) is 0 Å². The zero-order valence-electron chi connectivity index (χ0n) is 17.7. The highest BCUT2D eigenvalue weighted by atomic mass is 127. The average molecular weight is 533 g/mol. The molecule has 0 spiro atoms. The summed E-state index contributed by atoms with van der Waals surface area (Å²) in [5.41, 5.74) is 2.20. The predicted octanol–water partition coefficient (Wildman–Crippen LogP) is 3.04. The minimum Gasteiger partial charge on any atom is -0.497 e. The number of nitrogens with zero attached hydrogens (tertiary/aromatic N) is 4. The molecular weight excluding hydrogens is 505 g/mol. The Kier molecular flexibility index (Phi) is 8.10. The van der Waals surface area contributed by atoms with Gasteiger partial charge in [0.2, 0.25) is 0 Å². The van der Waals surface area contributed by atoms with Crippen molar-refractivity contribution in [1.82, 2.24) is 25.8 Å². The van der Waals surface area contributed by atoms with Gasteiger partial charge in [0.05, 0.1) is 13.7 Å². The molecule has 0 radical (unpaired) electrons. The smallest absolute Gasteiger partial charge is 0.191 e. The first-order valence-electron chi connectivity index (χ1n) is 10.1. The summed E-state index contributed by atoms with van der Waals surface area (Å²) in [4.78, 5) is 11.3. The van der Waals surface area contributed by atoms with Gasteiger partial charge in [0.15, 0.2) is 11.8 Å². The zero-order chi connectivity index (χ0) is 20.8. The van der Waals surface area contributed by atoms with Gasteiger partial charge in [0.1, 0.15) is 11.6 Å². The Morgan fingerprint density at radius 1 is 1.19 bits per heavy atom. The SMILES string of the molecule is CN=C(NCc1nc(-c2ccc(OC)cc2)n[nH]1)NC1CCN(c2ccccc2)C1.I. The van der Waals surface area contributed by atoms with E-state index in [-0.39, 0.29) is 24.0 Å². The van der Waals surface area contributed by atoms with E-state index in [0.29, 0.717) is 18.4 Å². The summed E-state index contributed by atoms with van der Waals surface area (Å²) >= 11 is 0. The number of halogens is 1. The Bertz CT molecular complexity index is 975. The summed E-state index contributed by atoms with van der Waals surface area (Å²) in [6, 6.07) is 18.5. The van der Waals surface area contributed by atoms with Crippen molar-refractivity contribution in [2.75, 3.05) is 32.1 Å². The summed E-state index contributed by atoms with van der Waals surface area (Å²) < 4.78 is 5.19. The van der Waals surface area contributed by atoms with E-state index in [0.717, 1.165) is 42.6 Å². The van der Waals surface area contributed by atoms with Gasteiger partial charge in [-0.1, -0.05) is 18.2 Å². The van der Waals surface area contributed by atoms with E-state index in [1.165, 1.54) is 5.69 Å². The monoisotopic (exact) mass is 533 g/mol. The van der Waals surface area contributed by atoms with Crippen LogP contribution in [0, 0.1) is 0 Å². The van der Waals surface area contributed by atoms with Gasteiger partial charge in [-0.3, -0.25) is 10.1 Å². The van der Waals surface area contributed by atoms with Crippen LogP contribution >= 0.6 is 24.0 Å². The molecule has 1 atom stereocenters. The van der Waals surface area contributed by atoms with Crippen molar-refractivity contribution in [3.05, 3.63) is 60.4 Å². The molecule has 8 nitrogen and oxygen atoms in total. The highest BCUT2D eigenvalue weighted by Crippen LogP contribution is 2.20. The van der Waals surface area contributed by atoms with Crippen molar-refractivity contribution in [3.63, 3.8) is 0 Å². The van der Waals surface area contributed by atoms with Crippen LogP contribution in [0.3, 0.4) is 0 Å². The van der Waals surface area contributed by atoms with E-state index in [2.05, 4.69) is 60.0 Å². The van der Waals surface area contributed by atoms with Crippen LogP contribution in [0.4, 0.5) is 5.69 Å². The molecule has 4 rings (SSSR count). The predicted molar refractivity (Wildman–Crippen MR) is 134 cm³/mol. The number of benzene rings is 2. The highest BCUT2D eigenvalue weighted by Gasteiger charge is 2.23. The van der Waals surface area contributed by atoms with Gasteiger partial charge in [-0.05, 0) is 42.8 Å². The average Bonchev–Trinajstić information content (AvgIpc) is 3.47. The topological polar surface area (TPSA) is 90.5 Å². The standard InChI is InChI=1S/C22H27N7O.HI/c1-23-22(25-17-12-13-29(15-17)18-6-4-3-5-7-18)24-14-20-26-21(28-27-20)16-8-10-19(30-2)11-9-16;/h3-11,17H,12-15H2,1-2H3,(H2,23,24,25)(H,26,27,28);1H. The minimum absolute atomic E-state index is 0. The number of methoxy groups -OCH3 is 1. The number of anilines is 1. The van der Waals surface area contributed by atoms with Crippen molar-refractivity contribution in [2.24, 2.45) is 4.99 Å². The molecule has 9 heteroatoms. The molecule has 1 aliphatic rings. The van der Waals surface area contributed by atoms with Gasteiger partial charge in [-0.25, -0.2) is 4.98 Å². The summed E-state index contributed by atoms with van der Waals surface area (Å²) in [5.74, 6) is 2.98. The molecule has 164 valence electrons. The molecule has 1 saturated heterocycles. The lowest BCUT2D eigenvalue weighted by atomic mass is 10.2. The molecule has 3 aromatic rings. The van der Waals surface area contributed by atoms with Gasteiger partial charge in [-0.2, -0.15) is 5.10 Å². The number of nitrogens with one attached hydrogen (secondary N) is 3. The van der Waals surface area contributed by atoms with Crippen LogP contribution in [-0.2, 0) is 6.54 Å². The fraction of sp³-hybridized carbons (Fsp3) is 0.318. The third-order valence-corrected chi connectivity index (χ3v) is 5.18. The number of aliphatic imine (C=N–C) groups is 1. The molecule has 2 heterocycles. The maximum Gasteiger partial charge on any atom is 0.191 e. The first-order valence-corrected chi connectivity index (χ1v) is 10.1. The second-order valence-corrected chi connectivity index (χ2v) is 7.17. The maximum absolute atomic E-state index is 5.19. The minimum atomic E-state index is 0. The molecule has 0 aliphatic carbocycles. The third-order valence-electron chi connectivity index (χ3n) is 5.18. The lowest BCUT2D eigenvalue weighted by Crippen LogP contribution is -2.44. The molecule has 1 aromatic heterocycles. The number of aromatic nitrogens is 3. The molecule has 1 aliphatic heterocycles. The summed E-state index contributed by atoms with van der Waals surface area (Å²) in [6.45, 7) is 2.50. The second kappa shape index (κ2) is 11.0. The number of H-pyrrole nitrogens is 1. The Morgan fingerprint density at radius 3 is 2.68 bits per heavy atom. The zero-order valence-corrected chi connectivity index (χ0v) is 20.0. The molecule has 2 aromatic carbocycles. The Labute approximate surface area is 199 Å². The number of rotatable bonds is 6. The number of hydrogen-bond donors (Lipinski definition) is 3. The fourth-order valence-corrected chi connectivity index (χ4v) is 3.55. The van der Waals surface area contributed by atoms with Crippen LogP contribution < -0.4 is 20.3 Å². The first-order chi connectivity index (χ1) is 14.7. The molecule has 31 heavy (non-hydrogen) atoms. The molecule has 0 bridgehead atoms. The molecule has 0 amide bonds. The van der Waals surface area contributed by atoms with Crippen molar-refractivity contribution in [1.29, 1.82) is 0 Å². The lowest BCUT2D eigenvalue weighted by Gasteiger charge is -2.20. The molecule has 1 fully saturated rings. The van der Waals surface area contributed by atoms with Crippen LogP contribution in [0.1, 0.15) is 12.2 Å². The molecule has 1 unspecified atom stereocenters. The van der Waals surface area contributed by atoms with Crippen LogP contribution in [0.15, 0.2) is 59.6 Å². The van der Waals surface area contributed by atoms with Gasteiger partial charge in [0, 0.05) is 37.4 Å². The van der Waals surface area contributed by atoms with E-state index < -0.39 is 0 Å². The van der Waals surface area contributed by atoms with Crippen molar-refractivity contribution in [2.45, 2.75) is 19.0 Å². The second-order valence-electron chi connectivity index (χ2n) is 7.17. The largest absolute Gasteiger partial charge is 0.497 e. The van der Waals surface area contributed by atoms with E-state index in [1.54, 1.807) is 14.2 Å². The van der Waals surface area contributed by atoms with E-state index in [4.69, 9.17) is 4.74 Å². The number of hydrogen-bond acceptors (Lipinski definition) is 5. The van der Waals surface area contributed by atoms with E-state index in [9.17, 15) is 0 Å². The van der Waals surface area contributed by atoms with Crippen molar-refractivity contribution in [3.8, 4) is 17.1 Å². The first kappa shape index (κ1) is 22.9. The number of para-hydroxylation sites is 1. The summed E-state index contributed by atoms with van der Waals surface area (Å²) in [7, 11) is 3.43. The van der Waals surface area contributed by atoms with Gasteiger partial charge < -0.3 is 20.3 Å². The lowest BCUT2D eigenvalue weighted by molar-refractivity contribution is 0.415. The maximum atomic E-state index is 5.19. The summed E-state index contributed by atoms with van der Waals surface area (Å²) in [6.07, 6.45) is 1.07. The third kappa shape index (κ3) is 5.87. The molecule has 0 saturated carbocycles. The van der Waals surface area contributed by atoms with Crippen LogP contribution in [-0.4, -0.2) is 54.4 Å². The highest BCUT2D eigenvalue weighted by molar-refractivity contribution is 14.0. The van der Waals surface area contributed by atoms with Gasteiger partial charge >= 0.3 is 0 Å². The van der Waals surface area contributed by atoms with Crippen LogP contribution in [0.2, 0.25) is 0 Å². The Morgan fingerprint density at radius 2 is 1.97 bits per heavy atom. The van der Waals surface area contributed by atoms with Crippen molar-refractivity contribution >= 4 is 35.6 Å². The van der Waals surface area contributed by atoms with Crippen LogP contribution in [0.5, 0.6) is 5.75 Å². The molecule has 3 N–H and O–H groups in total.